The summed E-state index contributed by atoms with van der Waals surface area (Å²) in [5.74, 6) is -1.42. The van der Waals surface area contributed by atoms with E-state index in [1.54, 1.807) is 0 Å². The highest BCUT2D eigenvalue weighted by Crippen LogP contribution is 2.54. The summed E-state index contributed by atoms with van der Waals surface area (Å²) in [7, 11) is 0. The average molecular weight is 1440 g/mol. The second-order valence-corrected chi connectivity index (χ2v) is 23.5. The molecule has 1 atom stereocenters. The number of halogens is 27. The molecule has 1 aliphatic rings. The topological polar surface area (TPSA) is 33.6 Å². The summed E-state index contributed by atoms with van der Waals surface area (Å²) in [5.41, 5.74) is -28.1. The molecule has 12 rings (SSSR count). The predicted octanol–water partition coefficient (Wildman–Crippen LogP) is 25.5. The van der Waals surface area contributed by atoms with Gasteiger partial charge in [0.25, 0.3) is 0 Å². The van der Waals surface area contributed by atoms with Crippen molar-refractivity contribution in [1.29, 1.82) is 5.26 Å². The number of benzene rings is 9. The van der Waals surface area contributed by atoms with Crippen LogP contribution in [-0.2, 0) is 55.6 Å². The minimum atomic E-state index is -5.81. The Morgan fingerprint density at radius 1 is 0.347 bits per heavy atom. The Morgan fingerprint density at radius 2 is 0.703 bits per heavy atom. The van der Waals surface area contributed by atoms with E-state index in [9.17, 15) is 111 Å². The molecule has 0 radical (unpaired) electrons. The fourth-order valence-corrected chi connectivity index (χ4v) is 13.0. The molecule has 1 unspecified atom stereocenters. The zero-order chi connectivity index (χ0) is 73.8. The minimum Gasteiger partial charge on any atom is -0.312 e. The van der Waals surface area contributed by atoms with Gasteiger partial charge in [-0.3, -0.25) is 0 Å². The number of allylic oxidation sites excluding steroid dienone is 1. The number of nitrogens with zero attached hydrogens (tertiary/aromatic N) is 3. The lowest BCUT2D eigenvalue weighted by molar-refractivity contribution is -0.144. The van der Waals surface area contributed by atoms with Crippen molar-refractivity contribution in [3.8, 4) is 62.0 Å². The van der Waals surface area contributed by atoms with Gasteiger partial charge in [-0.1, -0.05) is 67.6 Å². The first-order chi connectivity index (χ1) is 46.6. The maximum atomic E-state index is 17.5. The van der Waals surface area contributed by atoms with E-state index >= 15 is 13.2 Å². The molecule has 0 spiro atoms. The molecule has 3 nitrogen and oxygen atoms in total. The van der Waals surface area contributed by atoms with Crippen LogP contribution in [0.3, 0.4) is 0 Å². The number of aromatic nitrogens is 2. The molecule has 0 amide bonds. The maximum Gasteiger partial charge on any atom is 0.420 e. The van der Waals surface area contributed by atoms with Gasteiger partial charge in [0, 0.05) is 38.9 Å². The zero-order valence-corrected chi connectivity index (χ0v) is 50.0. The molecule has 1 aliphatic carbocycles. The second-order valence-electron chi connectivity index (χ2n) is 23.5. The molecule has 30 heteroatoms. The Labute approximate surface area is 548 Å². The highest BCUT2D eigenvalue weighted by Gasteiger charge is 2.46. The summed E-state index contributed by atoms with van der Waals surface area (Å²) in [5, 5.41) is 8.65. The highest BCUT2D eigenvalue weighted by molar-refractivity contribution is 6.13. The molecule has 0 fully saturated rings. The smallest absolute Gasteiger partial charge is 0.312 e. The van der Waals surface area contributed by atoms with Gasteiger partial charge in [0.1, 0.15) is 5.56 Å². The van der Waals surface area contributed by atoms with Crippen molar-refractivity contribution >= 4 is 44.4 Å². The van der Waals surface area contributed by atoms with Crippen molar-refractivity contribution < 1.29 is 119 Å². The van der Waals surface area contributed by atoms with Crippen LogP contribution < -0.4 is 0 Å². The molecular weight excluding hydrogens is 1410 g/mol. The van der Waals surface area contributed by atoms with Crippen molar-refractivity contribution in [2.24, 2.45) is 0 Å². The van der Waals surface area contributed by atoms with E-state index in [1.807, 2.05) is 6.07 Å². The Kier molecular flexibility index (Phi) is 16.5. The third-order valence-electron chi connectivity index (χ3n) is 17.2. The first-order valence-corrected chi connectivity index (χ1v) is 29.0. The quantitative estimate of drug-likeness (QED) is 0.146. The van der Waals surface area contributed by atoms with Crippen LogP contribution in [0.1, 0.15) is 91.7 Å². The number of nitriles is 1. The number of fused-ring (bicyclic) bond motifs is 6. The van der Waals surface area contributed by atoms with Crippen LogP contribution in [0.25, 0.3) is 100 Å². The van der Waals surface area contributed by atoms with E-state index in [4.69, 9.17) is 0 Å². The molecule has 11 aromatic rings. The molecule has 0 saturated heterocycles. The number of hydrogen-bond donors (Lipinski definition) is 0. The molecule has 2 heterocycles. The van der Waals surface area contributed by atoms with Gasteiger partial charge in [-0.25, -0.2) is 0 Å². The first-order valence-electron chi connectivity index (χ1n) is 29.0. The van der Waals surface area contributed by atoms with Crippen molar-refractivity contribution in [2.45, 2.75) is 74.8 Å². The Bertz CT molecular complexity index is 5140. The third-order valence-corrected chi connectivity index (χ3v) is 17.2. The molecule has 522 valence electrons. The van der Waals surface area contributed by atoms with Crippen LogP contribution in [-0.4, -0.2) is 9.13 Å². The van der Waals surface area contributed by atoms with Crippen molar-refractivity contribution in [3.05, 3.63) is 236 Å². The molecule has 0 aliphatic heterocycles. The summed E-state index contributed by atoms with van der Waals surface area (Å²) in [4.78, 5) is 0. The molecule has 0 saturated carbocycles. The molecule has 0 bridgehead atoms. The lowest BCUT2D eigenvalue weighted by Gasteiger charge is -2.28. The maximum absolute atomic E-state index is 17.5. The average Bonchev–Trinajstić information content (AvgIpc) is 1.57. The Morgan fingerprint density at radius 3 is 1.08 bits per heavy atom. The van der Waals surface area contributed by atoms with Crippen molar-refractivity contribution in [3.63, 3.8) is 0 Å². The third kappa shape index (κ3) is 12.8. The van der Waals surface area contributed by atoms with Gasteiger partial charge in [0.15, 0.2) is 0 Å². The van der Waals surface area contributed by atoms with Crippen LogP contribution in [0.4, 0.5) is 119 Å². The van der Waals surface area contributed by atoms with Crippen LogP contribution in [0.2, 0.25) is 0 Å². The molecule has 0 N–H and O–H groups in total. The van der Waals surface area contributed by atoms with Gasteiger partial charge in [-0.2, -0.15) is 124 Å². The van der Waals surface area contributed by atoms with Crippen molar-refractivity contribution in [1.82, 2.24) is 9.13 Å². The van der Waals surface area contributed by atoms with Gasteiger partial charge < -0.3 is 9.13 Å². The molecule has 101 heavy (non-hydrogen) atoms. The molecular formula is C71H34F27N3. The lowest BCUT2D eigenvalue weighted by Crippen LogP contribution is -2.19. The van der Waals surface area contributed by atoms with Crippen molar-refractivity contribution in [2.75, 3.05) is 0 Å². The van der Waals surface area contributed by atoms with E-state index in [0.29, 0.717) is 30.3 Å². The minimum absolute atomic E-state index is 0.217. The summed E-state index contributed by atoms with van der Waals surface area (Å²) < 4.78 is 402. The highest BCUT2D eigenvalue weighted by atomic mass is 19.4. The Hall–Kier alpha value is -10.3. The fourth-order valence-electron chi connectivity index (χ4n) is 13.0. The first kappa shape index (κ1) is 70.5. The summed E-state index contributed by atoms with van der Waals surface area (Å²) >= 11 is 0. The van der Waals surface area contributed by atoms with Crippen LogP contribution in [0.15, 0.2) is 164 Å². The van der Waals surface area contributed by atoms with E-state index in [0.717, 1.165) is 88.0 Å². The summed E-state index contributed by atoms with van der Waals surface area (Å²) in [6.45, 7) is 1.23. The lowest BCUT2D eigenvalue weighted by atomic mass is 9.82. The largest absolute Gasteiger partial charge is 0.420 e. The van der Waals surface area contributed by atoms with E-state index in [2.05, 4.69) is 0 Å². The number of rotatable bonds is 7. The second kappa shape index (κ2) is 23.6. The standard InChI is InChI=1S/C71H34F27N3/c1-32-21-38(46-15-11-42(66(81,82)83)30-55(46)70(93,94)95)26-51-50-25-37(45-14-10-41(65(78,79)80)29-54(45)69(90,91)92)7-19-58(50)101(61(32)51)59-20-16-47(34-4-2-3-33(22-34)31-99)62(60(59)71(96,97)98)100-56-17-5-35(43-12-8-39(63(72,73)74)27-52(43)67(84,85)86)23-48(56)49-24-36(6-18-57(49)100)44-13-9-40(64(75,76)77)28-53(44)68(87,88)89/h2-20,22-30,32H,21H2,1H3. The van der Waals surface area contributed by atoms with E-state index in [1.165, 1.54) is 25.1 Å². The van der Waals surface area contributed by atoms with Gasteiger partial charge in [-0.05, 0) is 166 Å². The summed E-state index contributed by atoms with van der Waals surface area (Å²) in [6, 6.07) is 17.8. The van der Waals surface area contributed by atoms with Gasteiger partial charge in [-0.15, -0.1) is 0 Å². The normalized spacial score (nSPS) is 14.6. The van der Waals surface area contributed by atoms with Gasteiger partial charge >= 0.3 is 55.6 Å². The zero-order valence-electron chi connectivity index (χ0n) is 50.0. The molecule has 2 aromatic heterocycles. The van der Waals surface area contributed by atoms with Crippen LogP contribution in [0, 0.1) is 11.3 Å². The van der Waals surface area contributed by atoms with Gasteiger partial charge in [0.05, 0.1) is 84.1 Å². The van der Waals surface area contributed by atoms with Crippen LogP contribution >= 0.6 is 0 Å². The van der Waals surface area contributed by atoms with E-state index < -0.39 is 218 Å². The van der Waals surface area contributed by atoms with Gasteiger partial charge in [0.2, 0.25) is 0 Å². The number of hydrogen-bond acceptors (Lipinski definition) is 1. The van der Waals surface area contributed by atoms with E-state index in [-0.39, 0.29) is 59.3 Å². The Balaban J connectivity index is 1.23. The SMILES string of the molecule is CC1CC(c2ccc(C(F)(F)F)cc2C(F)(F)F)=Cc2c1n(-c1ccc(-c3cccc(C#N)c3)c(-n3c4ccc(-c5ccc(C(F)(F)F)cc5C(F)(F)F)cc4c4cc(-c5ccc(C(F)(F)F)cc5C(F)(F)F)ccc43)c1C(F)(F)F)c1ccc(-c3ccc(C(F)(F)F)cc3C(F)(F)F)cc21. The fraction of sp³-hybridized carbons (Fsp3) is 0.169. The van der Waals surface area contributed by atoms with Crippen LogP contribution in [0.5, 0.6) is 0 Å². The predicted molar refractivity (Wildman–Crippen MR) is 316 cm³/mol. The number of alkyl halides is 27. The molecule has 9 aromatic carbocycles. The monoisotopic (exact) mass is 1440 g/mol. The summed E-state index contributed by atoms with van der Waals surface area (Å²) in [6.07, 6.45) is -49.4.